The van der Waals surface area contributed by atoms with Gasteiger partial charge < -0.3 is 10.4 Å². The van der Waals surface area contributed by atoms with Gasteiger partial charge >= 0.3 is 5.97 Å². The molecule has 0 bridgehead atoms. The number of benzene rings is 2. The van der Waals surface area contributed by atoms with Gasteiger partial charge in [-0.2, -0.15) is 0 Å². The van der Waals surface area contributed by atoms with E-state index in [9.17, 15) is 14.3 Å². The highest BCUT2D eigenvalue weighted by molar-refractivity contribution is 14.1. The molecule has 0 aliphatic carbocycles. The number of aryl methyl sites for hydroxylation is 1. The summed E-state index contributed by atoms with van der Waals surface area (Å²) in [5.41, 5.74) is 3.27. The van der Waals surface area contributed by atoms with Crippen LogP contribution >= 0.6 is 33.9 Å². The van der Waals surface area contributed by atoms with E-state index in [-0.39, 0.29) is 11.3 Å². The lowest BCUT2D eigenvalue weighted by atomic mass is 10.1. The number of hydrogen-bond acceptors (Lipinski definition) is 4. The van der Waals surface area contributed by atoms with Crippen LogP contribution in [-0.4, -0.2) is 16.1 Å². The molecule has 0 spiro atoms. The minimum atomic E-state index is -1.19. The molecule has 0 amide bonds. The Morgan fingerprint density at radius 2 is 2.18 bits per heavy atom. The summed E-state index contributed by atoms with van der Waals surface area (Å²) in [5.74, 6) is -1.78. The van der Waals surface area contributed by atoms with Crippen molar-refractivity contribution in [1.29, 1.82) is 0 Å². The number of rotatable bonds is 3. The number of fused-ring (bicyclic) bond motifs is 1. The number of nitrogens with one attached hydrogen (secondary N) is 1. The van der Waals surface area contributed by atoms with Gasteiger partial charge in [-0.3, -0.25) is 0 Å². The summed E-state index contributed by atoms with van der Waals surface area (Å²) < 4.78 is 16.1. The molecule has 3 aromatic rings. The van der Waals surface area contributed by atoms with Crippen LogP contribution in [0.3, 0.4) is 0 Å². The molecular weight excluding hydrogens is 418 g/mol. The topological polar surface area (TPSA) is 62.2 Å². The van der Waals surface area contributed by atoms with E-state index < -0.39 is 11.8 Å². The highest BCUT2D eigenvalue weighted by Crippen LogP contribution is 2.33. The summed E-state index contributed by atoms with van der Waals surface area (Å²) in [5, 5.41) is 12.3. The van der Waals surface area contributed by atoms with Crippen molar-refractivity contribution in [3.05, 3.63) is 50.3 Å². The fourth-order valence-electron chi connectivity index (χ4n) is 2.16. The van der Waals surface area contributed by atoms with E-state index in [0.29, 0.717) is 15.9 Å². The molecule has 0 fully saturated rings. The van der Waals surface area contributed by atoms with Crippen molar-refractivity contribution < 1.29 is 14.3 Å². The van der Waals surface area contributed by atoms with Gasteiger partial charge in [0.1, 0.15) is 0 Å². The maximum Gasteiger partial charge on any atom is 0.338 e. The third kappa shape index (κ3) is 2.66. The van der Waals surface area contributed by atoms with E-state index in [2.05, 4.69) is 32.9 Å². The van der Waals surface area contributed by atoms with E-state index in [1.807, 2.05) is 19.1 Å². The quantitative estimate of drug-likeness (QED) is 0.589. The van der Waals surface area contributed by atoms with Gasteiger partial charge in [0.15, 0.2) is 5.82 Å². The first kappa shape index (κ1) is 15.2. The molecule has 2 aromatic carbocycles. The number of halogens is 2. The lowest BCUT2D eigenvalue weighted by Gasteiger charge is -2.13. The first-order valence-electron chi connectivity index (χ1n) is 6.29. The largest absolute Gasteiger partial charge is 0.478 e. The predicted molar refractivity (Wildman–Crippen MR) is 93.7 cm³/mol. The number of carboxylic acids is 1. The Kier molecular flexibility index (Phi) is 4.00. The van der Waals surface area contributed by atoms with Gasteiger partial charge in [-0.1, -0.05) is 0 Å². The van der Waals surface area contributed by atoms with Crippen LogP contribution in [-0.2, 0) is 0 Å². The summed E-state index contributed by atoms with van der Waals surface area (Å²) >= 11 is 3.33. The van der Waals surface area contributed by atoms with Gasteiger partial charge in [0.2, 0.25) is 0 Å². The molecule has 0 saturated carbocycles. The maximum absolute atomic E-state index is 14.7. The number of thiazole rings is 1. The molecule has 22 heavy (non-hydrogen) atoms. The number of anilines is 2. The van der Waals surface area contributed by atoms with E-state index in [1.165, 1.54) is 11.6 Å². The number of nitrogens with zero attached hydrogens (tertiary/aromatic N) is 1. The molecule has 112 valence electrons. The Hall–Kier alpha value is -1.74. The van der Waals surface area contributed by atoms with Crippen LogP contribution in [0.1, 0.15) is 15.9 Å². The normalized spacial score (nSPS) is 10.9. The predicted octanol–water partition coefficient (Wildman–Crippen LogP) is 4.79. The smallest absolute Gasteiger partial charge is 0.338 e. The molecule has 4 nitrogen and oxygen atoms in total. The Balaban J connectivity index is 2.18. The van der Waals surface area contributed by atoms with Crippen molar-refractivity contribution in [2.45, 2.75) is 6.92 Å². The van der Waals surface area contributed by atoms with Crippen LogP contribution in [0.2, 0.25) is 0 Å². The number of carboxylic acid groups (broad SMARTS) is 1. The molecule has 0 aliphatic rings. The minimum Gasteiger partial charge on any atom is -0.478 e. The molecule has 0 radical (unpaired) electrons. The third-order valence-corrected chi connectivity index (χ3v) is 4.75. The average molecular weight is 428 g/mol. The van der Waals surface area contributed by atoms with Gasteiger partial charge in [0.05, 0.1) is 27.0 Å². The SMILES string of the molecule is Cc1cc(I)ccc1Nc1c(C(=O)O)cc2ncsc2c1F. The second-order valence-electron chi connectivity index (χ2n) is 4.70. The van der Waals surface area contributed by atoms with E-state index in [4.69, 9.17) is 0 Å². The van der Waals surface area contributed by atoms with Crippen molar-refractivity contribution in [2.75, 3.05) is 5.32 Å². The molecule has 7 heteroatoms. The van der Waals surface area contributed by atoms with E-state index in [1.54, 1.807) is 6.07 Å². The van der Waals surface area contributed by atoms with Gasteiger partial charge in [-0.25, -0.2) is 14.2 Å². The molecule has 2 N–H and O–H groups in total. The van der Waals surface area contributed by atoms with Crippen molar-refractivity contribution >= 4 is 61.5 Å². The van der Waals surface area contributed by atoms with Crippen LogP contribution in [0.25, 0.3) is 10.2 Å². The highest BCUT2D eigenvalue weighted by Gasteiger charge is 2.20. The monoisotopic (exact) mass is 428 g/mol. The zero-order chi connectivity index (χ0) is 15.9. The second-order valence-corrected chi connectivity index (χ2v) is 6.80. The number of carbonyl (C=O) groups is 1. The number of aromatic carboxylic acids is 1. The Morgan fingerprint density at radius 3 is 2.86 bits per heavy atom. The van der Waals surface area contributed by atoms with Crippen LogP contribution in [0, 0.1) is 16.3 Å². The third-order valence-electron chi connectivity index (χ3n) is 3.24. The minimum absolute atomic E-state index is 0.0337. The number of hydrogen-bond donors (Lipinski definition) is 2. The molecule has 3 rings (SSSR count). The van der Waals surface area contributed by atoms with Gasteiger partial charge in [0.25, 0.3) is 0 Å². The highest BCUT2D eigenvalue weighted by atomic mass is 127. The average Bonchev–Trinajstić information content (AvgIpc) is 2.92. The summed E-state index contributed by atoms with van der Waals surface area (Å²) in [6.07, 6.45) is 0. The van der Waals surface area contributed by atoms with Crippen LogP contribution in [0.4, 0.5) is 15.8 Å². The van der Waals surface area contributed by atoms with Crippen LogP contribution < -0.4 is 5.32 Å². The van der Waals surface area contributed by atoms with Gasteiger partial charge in [-0.05, 0) is 59.3 Å². The van der Waals surface area contributed by atoms with Crippen molar-refractivity contribution in [3.63, 3.8) is 0 Å². The molecule has 0 atom stereocenters. The lowest BCUT2D eigenvalue weighted by Crippen LogP contribution is -2.06. The van der Waals surface area contributed by atoms with Gasteiger partial charge in [-0.15, -0.1) is 11.3 Å². The zero-order valence-electron chi connectivity index (χ0n) is 11.4. The summed E-state index contributed by atoms with van der Waals surface area (Å²) in [6.45, 7) is 1.88. The second kappa shape index (κ2) is 5.81. The molecular formula is C15H10FIN2O2S. The van der Waals surface area contributed by atoms with Crippen molar-refractivity contribution in [3.8, 4) is 0 Å². The molecule has 1 aromatic heterocycles. The first-order valence-corrected chi connectivity index (χ1v) is 8.25. The molecule has 0 saturated heterocycles. The standard InChI is InChI=1S/C15H10FIN2O2S/c1-7-4-8(17)2-3-10(7)19-13-9(15(20)21)5-11-14(12(13)16)22-6-18-11/h2-6,19H,1H3,(H,20,21). The molecule has 1 heterocycles. The summed E-state index contributed by atoms with van der Waals surface area (Å²) in [6, 6.07) is 7.01. The van der Waals surface area contributed by atoms with Crippen molar-refractivity contribution in [2.24, 2.45) is 0 Å². The summed E-state index contributed by atoms with van der Waals surface area (Å²) in [4.78, 5) is 15.4. The Labute approximate surface area is 143 Å². The van der Waals surface area contributed by atoms with Crippen LogP contribution in [0.15, 0.2) is 29.8 Å². The van der Waals surface area contributed by atoms with Crippen LogP contribution in [0.5, 0.6) is 0 Å². The van der Waals surface area contributed by atoms with Crippen molar-refractivity contribution in [1.82, 2.24) is 4.98 Å². The fourth-order valence-corrected chi connectivity index (χ4v) is 3.51. The Morgan fingerprint density at radius 1 is 1.41 bits per heavy atom. The zero-order valence-corrected chi connectivity index (χ0v) is 14.3. The summed E-state index contributed by atoms with van der Waals surface area (Å²) in [7, 11) is 0. The van der Waals surface area contributed by atoms with E-state index >= 15 is 0 Å². The fraction of sp³-hybridized carbons (Fsp3) is 0.0667. The lowest BCUT2D eigenvalue weighted by molar-refractivity contribution is 0.0697. The molecule has 0 unspecified atom stereocenters. The first-order chi connectivity index (χ1) is 10.5. The van der Waals surface area contributed by atoms with E-state index in [0.717, 1.165) is 20.5 Å². The molecule has 0 aliphatic heterocycles. The maximum atomic E-state index is 14.7. The van der Waals surface area contributed by atoms with Gasteiger partial charge in [0, 0.05) is 9.26 Å². The number of aromatic nitrogens is 1. The Bertz CT molecular complexity index is 895.